The van der Waals surface area contributed by atoms with Gasteiger partial charge in [-0.05, 0) is 5.10 Å². The fraction of sp³-hybridized carbons (Fsp3) is 0. The van der Waals surface area contributed by atoms with Crippen LogP contribution in [-0.4, -0.2) is 6.34 Å². The first-order valence-electron chi connectivity index (χ1n) is 1.34. The molecule has 0 bridgehead atoms. The molecule has 6 heteroatoms. The van der Waals surface area contributed by atoms with Crippen LogP contribution in [0, 0.1) is 5.53 Å². The summed E-state index contributed by atoms with van der Waals surface area (Å²) in [6.07, 6.45) is 0.833. The standard InChI is InChI=1S/CH2N6/c2-4-1-5-7-6-3/h1-2H. The molecule has 7 heavy (non-hydrogen) atoms. The molecular weight excluding hydrogens is 96.1 g/mol. The van der Waals surface area contributed by atoms with Crippen LogP contribution in [0.15, 0.2) is 15.4 Å². The molecule has 0 atom stereocenters. The van der Waals surface area contributed by atoms with Gasteiger partial charge in [-0.15, -0.1) is 10.6 Å². The Morgan fingerprint density at radius 2 is 2.43 bits per heavy atom. The number of azide groups is 1. The van der Waals surface area contributed by atoms with E-state index in [2.05, 4.69) is 20.4 Å². The lowest BCUT2D eigenvalue weighted by Crippen LogP contribution is -1.51. The van der Waals surface area contributed by atoms with Crippen molar-refractivity contribution in [2.45, 2.75) is 0 Å². The van der Waals surface area contributed by atoms with Crippen molar-refractivity contribution < 1.29 is 0 Å². The highest BCUT2D eigenvalue weighted by atomic mass is 15.4. The third-order valence-corrected chi connectivity index (χ3v) is 0.201. The highest BCUT2D eigenvalue weighted by Crippen LogP contribution is 1.67. The zero-order chi connectivity index (χ0) is 5.54. The maximum Gasteiger partial charge on any atom is 0.253 e. The lowest BCUT2D eigenvalue weighted by Gasteiger charge is -1.54. The fourth-order valence-electron chi connectivity index (χ4n) is 0.0720. The van der Waals surface area contributed by atoms with Crippen molar-refractivity contribution in [2.24, 2.45) is 15.4 Å². The van der Waals surface area contributed by atoms with Gasteiger partial charge >= 0.3 is 0 Å². The third kappa shape index (κ3) is 4.58. The molecule has 0 heterocycles. The Morgan fingerprint density at radius 3 is 2.86 bits per heavy atom. The van der Waals surface area contributed by atoms with E-state index in [1.165, 1.54) is 0 Å². The van der Waals surface area contributed by atoms with Gasteiger partial charge in [-0.25, -0.2) is 5.53 Å². The molecule has 0 unspecified atom stereocenters. The van der Waals surface area contributed by atoms with Crippen LogP contribution in [0.5, 0.6) is 0 Å². The van der Waals surface area contributed by atoms with Gasteiger partial charge in [0, 0.05) is 5.22 Å². The van der Waals surface area contributed by atoms with E-state index in [0.717, 1.165) is 6.34 Å². The highest BCUT2D eigenvalue weighted by Gasteiger charge is 1.59. The molecule has 0 saturated heterocycles. The smallest absolute Gasteiger partial charge is 0.201 e. The van der Waals surface area contributed by atoms with E-state index < -0.39 is 0 Å². The van der Waals surface area contributed by atoms with Crippen LogP contribution in [0.3, 0.4) is 0 Å². The van der Waals surface area contributed by atoms with E-state index in [-0.39, 0.29) is 0 Å². The average Bonchev–Trinajstić information content (AvgIpc) is 1.69. The van der Waals surface area contributed by atoms with E-state index in [9.17, 15) is 0 Å². The second-order valence-corrected chi connectivity index (χ2v) is 0.539. The Morgan fingerprint density at radius 1 is 1.71 bits per heavy atom. The van der Waals surface area contributed by atoms with Gasteiger partial charge in [0.15, 0.2) is 0 Å². The molecule has 36 valence electrons. The Labute approximate surface area is 39.0 Å². The van der Waals surface area contributed by atoms with Crippen LogP contribution in [-0.2, 0) is 0 Å². The molecule has 0 spiro atoms. The number of hydrogen-bond donors (Lipinski definition) is 1. The number of rotatable bonds is 2. The summed E-state index contributed by atoms with van der Waals surface area (Å²) in [7, 11) is 0. The van der Waals surface area contributed by atoms with Crippen molar-refractivity contribution in [2.75, 3.05) is 0 Å². The van der Waals surface area contributed by atoms with E-state index in [1.807, 2.05) is 0 Å². The molecule has 0 radical (unpaired) electrons. The van der Waals surface area contributed by atoms with Crippen molar-refractivity contribution in [3.8, 4) is 0 Å². The Balaban J connectivity index is 3.47. The van der Waals surface area contributed by atoms with Crippen molar-refractivity contribution in [3.05, 3.63) is 10.4 Å². The number of nitrogens with zero attached hydrogens (tertiary/aromatic N) is 5. The zero-order valence-electron chi connectivity index (χ0n) is 3.31. The monoisotopic (exact) mass is 98.0 g/mol. The van der Waals surface area contributed by atoms with Crippen molar-refractivity contribution >= 4 is 6.34 Å². The Bertz CT molecular complexity index is 116. The molecule has 0 fully saturated rings. The predicted molar refractivity (Wildman–Crippen MR) is 22.8 cm³/mol. The summed E-state index contributed by atoms with van der Waals surface area (Å²) in [4.78, 5) is 2.26. The maximum absolute atomic E-state index is 7.53. The molecule has 0 aliphatic heterocycles. The maximum atomic E-state index is 7.53. The highest BCUT2D eigenvalue weighted by molar-refractivity contribution is 5.53. The molecule has 0 amide bonds. The van der Waals surface area contributed by atoms with Gasteiger partial charge in [-0.1, -0.05) is 0 Å². The summed E-state index contributed by atoms with van der Waals surface area (Å²) < 4.78 is 0. The third-order valence-electron chi connectivity index (χ3n) is 0.201. The summed E-state index contributed by atoms with van der Waals surface area (Å²) in [5, 5.41) is 8.30. The van der Waals surface area contributed by atoms with Gasteiger partial charge < -0.3 is 0 Å². The lowest BCUT2D eigenvalue weighted by molar-refractivity contribution is 1.15. The normalized spacial score (nSPS) is 8.00. The molecular formula is CH2N6. The Kier molecular flexibility index (Phi) is 3.65. The minimum Gasteiger partial charge on any atom is -0.201 e. The van der Waals surface area contributed by atoms with Gasteiger partial charge in [0.1, 0.15) is 0 Å². The topological polar surface area (TPSA) is 97.3 Å². The quantitative estimate of drug-likeness (QED) is 0.134. The van der Waals surface area contributed by atoms with Crippen LogP contribution >= 0.6 is 0 Å². The molecule has 0 rings (SSSR count). The van der Waals surface area contributed by atoms with Gasteiger partial charge in [0.05, 0.1) is 0 Å². The van der Waals surface area contributed by atoms with E-state index in [4.69, 9.17) is 11.1 Å². The lowest BCUT2D eigenvalue weighted by atomic mass is 11.4. The van der Waals surface area contributed by atoms with Crippen molar-refractivity contribution in [1.29, 1.82) is 5.53 Å². The molecule has 0 aromatic rings. The van der Waals surface area contributed by atoms with Gasteiger partial charge in [0.2, 0.25) is 0 Å². The molecule has 0 aromatic heterocycles. The first-order chi connectivity index (χ1) is 3.41. The molecule has 6 nitrogen and oxygen atoms in total. The molecule has 0 aliphatic rings. The number of nitrogens with one attached hydrogen (secondary N) is 1. The summed E-state index contributed by atoms with van der Waals surface area (Å²) >= 11 is 0. The second-order valence-electron chi connectivity index (χ2n) is 0.539. The Hall–Kier alpha value is -1.42. The molecule has 0 aliphatic carbocycles. The average molecular weight is 98.1 g/mol. The summed E-state index contributed by atoms with van der Waals surface area (Å²) in [6.45, 7) is 0. The van der Waals surface area contributed by atoms with Crippen LogP contribution in [0.4, 0.5) is 0 Å². The van der Waals surface area contributed by atoms with Crippen molar-refractivity contribution in [1.82, 2.24) is 0 Å². The first-order valence-corrected chi connectivity index (χ1v) is 1.34. The van der Waals surface area contributed by atoms with E-state index in [0.29, 0.717) is 0 Å². The van der Waals surface area contributed by atoms with Gasteiger partial charge in [-0.2, -0.15) is 4.91 Å². The summed E-state index contributed by atoms with van der Waals surface area (Å²) in [6, 6.07) is 0. The number of hydrogen-bond acceptors (Lipinski definition) is 2. The predicted octanol–water partition coefficient (Wildman–Crippen LogP) is 1.27. The minimum absolute atomic E-state index is 0.833. The fourth-order valence-corrected chi connectivity index (χ4v) is 0.0720. The molecule has 1 N–H and O–H groups in total. The second kappa shape index (κ2) is 4.58. The zero-order valence-corrected chi connectivity index (χ0v) is 3.31. The SMILES string of the molecule is [N-]=[N+]=NN=CN=N. The largest absolute Gasteiger partial charge is 0.253 e. The van der Waals surface area contributed by atoms with E-state index in [1.54, 1.807) is 0 Å². The van der Waals surface area contributed by atoms with E-state index >= 15 is 0 Å². The summed E-state index contributed by atoms with van der Waals surface area (Å²) in [5.41, 5.74) is 13.6. The van der Waals surface area contributed by atoms with Crippen LogP contribution in [0.1, 0.15) is 0 Å². The van der Waals surface area contributed by atoms with Gasteiger partial charge in [0.25, 0.3) is 6.34 Å². The van der Waals surface area contributed by atoms with Crippen LogP contribution in [0.25, 0.3) is 10.4 Å². The molecule has 0 saturated carbocycles. The first kappa shape index (κ1) is 5.58. The minimum atomic E-state index is 0.833. The molecule has 0 aromatic carbocycles. The van der Waals surface area contributed by atoms with Crippen LogP contribution in [0.2, 0.25) is 0 Å². The summed E-state index contributed by atoms with van der Waals surface area (Å²) in [5.74, 6) is 0. The van der Waals surface area contributed by atoms with Gasteiger partial charge in [-0.3, -0.25) is 0 Å². The van der Waals surface area contributed by atoms with Crippen molar-refractivity contribution in [3.63, 3.8) is 0 Å². The van der Waals surface area contributed by atoms with Crippen LogP contribution < -0.4 is 0 Å².